The molecule has 2 aromatic heterocycles. The van der Waals surface area contributed by atoms with Crippen LogP contribution in [0.25, 0.3) is 11.0 Å². The third-order valence-corrected chi connectivity index (χ3v) is 5.43. The summed E-state index contributed by atoms with van der Waals surface area (Å²) >= 11 is 0. The SMILES string of the molecule is Cc1cc(NC2CCCN(C(C)c3ccc4nccnc4c3)C2)cc(C)n1. The average Bonchev–Trinajstić information content (AvgIpc) is 2.66. The maximum Gasteiger partial charge on any atom is 0.0890 e. The molecule has 0 radical (unpaired) electrons. The Kier molecular flexibility index (Phi) is 5.03. The van der Waals surface area contributed by atoms with Gasteiger partial charge in [0.1, 0.15) is 0 Å². The van der Waals surface area contributed by atoms with Crippen molar-refractivity contribution in [1.29, 1.82) is 0 Å². The fourth-order valence-electron chi connectivity index (χ4n) is 4.08. The minimum atomic E-state index is 0.363. The van der Waals surface area contributed by atoms with Gasteiger partial charge < -0.3 is 5.32 Å². The zero-order chi connectivity index (χ0) is 18.8. The Bertz CT molecular complexity index is 919. The standard InChI is InChI=1S/C22H27N5/c1-15-11-20(12-16(2)25-15)26-19-5-4-10-27(14-19)17(3)18-6-7-21-22(13-18)24-9-8-23-21/h6-9,11-13,17,19H,4-5,10,14H2,1-3H3,(H,25,26). The van der Waals surface area contributed by atoms with Gasteiger partial charge in [0.25, 0.3) is 0 Å². The molecule has 2 unspecified atom stereocenters. The van der Waals surface area contributed by atoms with E-state index in [4.69, 9.17) is 0 Å². The van der Waals surface area contributed by atoms with E-state index >= 15 is 0 Å². The van der Waals surface area contributed by atoms with Crippen molar-refractivity contribution in [3.63, 3.8) is 0 Å². The van der Waals surface area contributed by atoms with Gasteiger partial charge in [0.05, 0.1) is 11.0 Å². The van der Waals surface area contributed by atoms with Crippen LogP contribution in [0.3, 0.4) is 0 Å². The van der Waals surface area contributed by atoms with Gasteiger partial charge >= 0.3 is 0 Å². The van der Waals surface area contributed by atoms with Crippen LogP contribution in [0.1, 0.15) is 42.8 Å². The van der Waals surface area contributed by atoms with E-state index in [1.54, 1.807) is 12.4 Å². The van der Waals surface area contributed by atoms with Gasteiger partial charge in [-0.3, -0.25) is 19.9 Å². The molecule has 5 nitrogen and oxygen atoms in total. The second-order valence-electron chi connectivity index (χ2n) is 7.60. The molecule has 0 saturated carbocycles. The normalized spacial score (nSPS) is 19.1. The second kappa shape index (κ2) is 7.61. The predicted octanol–water partition coefficient (Wildman–Crippen LogP) is 4.28. The lowest BCUT2D eigenvalue weighted by atomic mass is 9.99. The summed E-state index contributed by atoms with van der Waals surface area (Å²) in [6.07, 6.45) is 5.91. The molecule has 140 valence electrons. The molecule has 0 bridgehead atoms. The van der Waals surface area contributed by atoms with Crippen LogP contribution in [-0.2, 0) is 0 Å². The molecule has 1 aromatic carbocycles. The molecule has 0 amide bonds. The van der Waals surface area contributed by atoms with E-state index in [1.165, 1.54) is 24.1 Å². The summed E-state index contributed by atoms with van der Waals surface area (Å²) in [6, 6.07) is 11.5. The average molecular weight is 361 g/mol. The van der Waals surface area contributed by atoms with E-state index in [2.05, 4.69) is 76.3 Å². The Morgan fingerprint density at radius 3 is 2.56 bits per heavy atom. The molecule has 0 spiro atoms. The number of nitrogens with one attached hydrogen (secondary N) is 1. The van der Waals surface area contributed by atoms with Crippen LogP contribution in [0.15, 0.2) is 42.7 Å². The first-order valence-electron chi connectivity index (χ1n) is 9.75. The lowest BCUT2D eigenvalue weighted by Gasteiger charge is -2.37. The Hall–Kier alpha value is -2.53. The van der Waals surface area contributed by atoms with Gasteiger partial charge in [-0.15, -0.1) is 0 Å². The van der Waals surface area contributed by atoms with Gasteiger partial charge in [0.15, 0.2) is 0 Å². The highest BCUT2D eigenvalue weighted by molar-refractivity contribution is 5.74. The molecule has 5 heteroatoms. The first-order valence-corrected chi connectivity index (χ1v) is 9.75. The lowest BCUT2D eigenvalue weighted by Crippen LogP contribution is -2.43. The maximum absolute atomic E-state index is 4.47. The molecule has 1 saturated heterocycles. The largest absolute Gasteiger partial charge is 0.381 e. The first-order chi connectivity index (χ1) is 13.1. The van der Waals surface area contributed by atoms with E-state index in [-0.39, 0.29) is 0 Å². The van der Waals surface area contributed by atoms with Crippen LogP contribution in [0.2, 0.25) is 0 Å². The van der Waals surface area contributed by atoms with Crippen LogP contribution in [0, 0.1) is 13.8 Å². The van der Waals surface area contributed by atoms with E-state index in [9.17, 15) is 0 Å². The number of likely N-dealkylation sites (tertiary alicyclic amines) is 1. The molecule has 0 aliphatic carbocycles. The Balaban J connectivity index is 1.48. The number of hydrogen-bond acceptors (Lipinski definition) is 5. The zero-order valence-corrected chi connectivity index (χ0v) is 16.3. The highest BCUT2D eigenvalue weighted by Crippen LogP contribution is 2.27. The van der Waals surface area contributed by atoms with Gasteiger partial charge in [0.2, 0.25) is 0 Å². The molecule has 2 atom stereocenters. The summed E-state index contributed by atoms with van der Waals surface area (Å²) in [5.74, 6) is 0. The van der Waals surface area contributed by atoms with Gasteiger partial charge in [0, 0.05) is 48.1 Å². The Labute approximate surface area is 160 Å². The number of anilines is 1. The first kappa shape index (κ1) is 17.9. The van der Waals surface area contributed by atoms with Crippen LogP contribution in [-0.4, -0.2) is 39.0 Å². The van der Waals surface area contributed by atoms with Crippen LogP contribution < -0.4 is 5.32 Å². The van der Waals surface area contributed by atoms with Crippen LogP contribution in [0.5, 0.6) is 0 Å². The summed E-state index contributed by atoms with van der Waals surface area (Å²) in [6.45, 7) is 8.57. The number of aromatic nitrogens is 3. The highest BCUT2D eigenvalue weighted by atomic mass is 15.2. The summed E-state index contributed by atoms with van der Waals surface area (Å²) < 4.78 is 0. The quantitative estimate of drug-likeness (QED) is 0.752. The number of aryl methyl sites for hydroxylation is 2. The number of pyridine rings is 1. The van der Waals surface area contributed by atoms with Gasteiger partial charge in [-0.1, -0.05) is 6.07 Å². The molecule has 3 aromatic rings. The molecule has 27 heavy (non-hydrogen) atoms. The fraction of sp³-hybridized carbons (Fsp3) is 0.409. The monoisotopic (exact) mass is 361 g/mol. The maximum atomic E-state index is 4.47. The smallest absolute Gasteiger partial charge is 0.0890 e. The fourth-order valence-corrected chi connectivity index (χ4v) is 4.08. The number of rotatable bonds is 4. The molecule has 1 aliphatic rings. The molecule has 3 heterocycles. The molecule has 1 N–H and O–H groups in total. The van der Waals surface area contributed by atoms with Crippen molar-refractivity contribution in [3.8, 4) is 0 Å². The van der Waals surface area contributed by atoms with Gasteiger partial charge in [-0.2, -0.15) is 0 Å². The summed E-state index contributed by atoms with van der Waals surface area (Å²) in [5, 5.41) is 3.72. The molecule has 4 rings (SSSR count). The molecular weight excluding hydrogens is 334 g/mol. The van der Waals surface area contributed by atoms with Crippen molar-refractivity contribution < 1.29 is 0 Å². The van der Waals surface area contributed by atoms with E-state index in [0.717, 1.165) is 35.5 Å². The number of nitrogens with zero attached hydrogens (tertiary/aromatic N) is 4. The van der Waals surface area contributed by atoms with Crippen molar-refractivity contribution in [2.24, 2.45) is 0 Å². The van der Waals surface area contributed by atoms with Crippen molar-refractivity contribution in [1.82, 2.24) is 19.9 Å². The van der Waals surface area contributed by atoms with Crippen molar-refractivity contribution in [2.45, 2.75) is 45.7 Å². The highest BCUT2D eigenvalue weighted by Gasteiger charge is 2.24. The number of benzene rings is 1. The van der Waals surface area contributed by atoms with Gasteiger partial charge in [-0.25, -0.2) is 0 Å². The van der Waals surface area contributed by atoms with Crippen molar-refractivity contribution >= 4 is 16.7 Å². The minimum Gasteiger partial charge on any atom is -0.381 e. The van der Waals surface area contributed by atoms with E-state index in [0.29, 0.717) is 12.1 Å². The number of fused-ring (bicyclic) bond motifs is 1. The second-order valence-corrected chi connectivity index (χ2v) is 7.60. The summed E-state index contributed by atoms with van der Waals surface area (Å²) in [4.78, 5) is 15.9. The number of hydrogen-bond donors (Lipinski definition) is 1. The van der Waals surface area contributed by atoms with Gasteiger partial charge in [-0.05, 0) is 70.0 Å². The van der Waals surface area contributed by atoms with E-state index in [1.807, 2.05) is 0 Å². The van der Waals surface area contributed by atoms with Crippen molar-refractivity contribution in [3.05, 3.63) is 59.7 Å². The Morgan fingerprint density at radius 2 is 1.78 bits per heavy atom. The van der Waals surface area contributed by atoms with Crippen LogP contribution in [0.4, 0.5) is 5.69 Å². The van der Waals surface area contributed by atoms with E-state index < -0.39 is 0 Å². The summed E-state index contributed by atoms with van der Waals surface area (Å²) in [7, 11) is 0. The predicted molar refractivity (Wildman–Crippen MR) is 110 cm³/mol. The third kappa shape index (κ3) is 4.08. The van der Waals surface area contributed by atoms with Crippen molar-refractivity contribution in [2.75, 3.05) is 18.4 Å². The lowest BCUT2D eigenvalue weighted by molar-refractivity contribution is 0.165. The molecular formula is C22H27N5. The zero-order valence-electron chi connectivity index (χ0n) is 16.3. The third-order valence-electron chi connectivity index (χ3n) is 5.43. The number of piperidine rings is 1. The topological polar surface area (TPSA) is 53.9 Å². The molecule has 1 aliphatic heterocycles. The van der Waals surface area contributed by atoms with Crippen LogP contribution >= 0.6 is 0 Å². The Morgan fingerprint density at radius 1 is 1.04 bits per heavy atom. The minimum absolute atomic E-state index is 0.363. The molecule has 1 fully saturated rings. The summed E-state index contributed by atoms with van der Waals surface area (Å²) in [5.41, 5.74) is 6.54.